The summed E-state index contributed by atoms with van der Waals surface area (Å²) in [6.07, 6.45) is 3.55. The van der Waals surface area contributed by atoms with Gasteiger partial charge >= 0.3 is 0 Å². The molecule has 1 N–H and O–H groups in total. The van der Waals surface area contributed by atoms with Gasteiger partial charge in [-0.3, -0.25) is 4.79 Å². The van der Waals surface area contributed by atoms with E-state index in [2.05, 4.69) is 10.4 Å². The Hall–Kier alpha value is -2.66. The molecular formula is C18H15ClFN3O. The summed E-state index contributed by atoms with van der Waals surface area (Å²) in [4.78, 5) is 12.3. The summed E-state index contributed by atoms with van der Waals surface area (Å²) in [6, 6.07) is 13.0. The normalized spacial score (nSPS) is 12.0. The lowest BCUT2D eigenvalue weighted by molar-refractivity contribution is 0.0940. The smallest absolute Gasteiger partial charge is 0.253 e. The molecule has 1 amide bonds. The molecule has 0 spiro atoms. The van der Waals surface area contributed by atoms with Gasteiger partial charge in [-0.25, -0.2) is 9.07 Å². The average Bonchev–Trinajstić information content (AvgIpc) is 3.09. The fourth-order valence-corrected chi connectivity index (χ4v) is 2.64. The molecule has 0 fully saturated rings. The van der Waals surface area contributed by atoms with Crippen LogP contribution in [0.4, 0.5) is 4.39 Å². The molecule has 122 valence electrons. The molecule has 3 aromatic rings. The van der Waals surface area contributed by atoms with Gasteiger partial charge in [0, 0.05) is 12.4 Å². The van der Waals surface area contributed by atoms with E-state index in [4.69, 9.17) is 11.6 Å². The minimum atomic E-state index is -0.475. The Balaban J connectivity index is 1.78. The molecule has 0 aliphatic rings. The van der Waals surface area contributed by atoms with Crippen molar-refractivity contribution < 1.29 is 9.18 Å². The highest BCUT2D eigenvalue weighted by molar-refractivity contribution is 6.33. The first-order chi connectivity index (χ1) is 11.5. The monoisotopic (exact) mass is 343 g/mol. The molecule has 6 heteroatoms. The van der Waals surface area contributed by atoms with Crippen LogP contribution in [0.15, 0.2) is 60.9 Å². The van der Waals surface area contributed by atoms with E-state index in [1.807, 2.05) is 43.5 Å². The largest absolute Gasteiger partial charge is 0.345 e. The fourth-order valence-electron chi connectivity index (χ4n) is 2.39. The Morgan fingerprint density at radius 1 is 1.25 bits per heavy atom. The second kappa shape index (κ2) is 6.84. The molecule has 0 saturated carbocycles. The first kappa shape index (κ1) is 16.2. The molecule has 0 bridgehead atoms. The average molecular weight is 344 g/mol. The first-order valence-corrected chi connectivity index (χ1v) is 7.78. The van der Waals surface area contributed by atoms with Crippen molar-refractivity contribution in [3.05, 3.63) is 82.9 Å². The van der Waals surface area contributed by atoms with Gasteiger partial charge in [-0.05, 0) is 48.9 Å². The number of amides is 1. The molecule has 24 heavy (non-hydrogen) atoms. The molecule has 0 saturated heterocycles. The first-order valence-electron chi connectivity index (χ1n) is 7.40. The van der Waals surface area contributed by atoms with Crippen molar-refractivity contribution >= 4 is 17.5 Å². The maximum absolute atomic E-state index is 13.1. The third-order valence-electron chi connectivity index (χ3n) is 3.66. The number of rotatable bonds is 4. The maximum Gasteiger partial charge on any atom is 0.253 e. The van der Waals surface area contributed by atoms with E-state index in [0.717, 1.165) is 17.3 Å². The van der Waals surface area contributed by atoms with Crippen molar-refractivity contribution in [3.63, 3.8) is 0 Å². The molecule has 0 radical (unpaired) electrons. The highest BCUT2D eigenvalue weighted by atomic mass is 35.5. The van der Waals surface area contributed by atoms with Crippen LogP contribution in [0.1, 0.15) is 28.9 Å². The molecule has 2 aromatic carbocycles. The predicted molar refractivity (Wildman–Crippen MR) is 90.9 cm³/mol. The van der Waals surface area contributed by atoms with Gasteiger partial charge in [-0.2, -0.15) is 5.10 Å². The zero-order chi connectivity index (χ0) is 17.1. The summed E-state index contributed by atoms with van der Waals surface area (Å²) in [5.74, 6) is -0.825. The Morgan fingerprint density at radius 3 is 2.79 bits per heavy atom. The van der Waals surface area contributed by atoms with Gasteiger partial charge in [0.2, 0.25) is 0 Å². The number of carbonyl (C=O) groups excluding carboxylic acids is 1. The fraction of sp³-hybridized carbons (Fsp3) is 0.111. The van der Waals surface area contributed by atoms with Crippen LogP contribution in [0.3, 0.4) is 0 Å². The Labute approximate surface area is 143 Å². The summed E-state index contributed by atoms with van der Waals surface area (Å²) >= 11 is 5.93. The van der Waals surface area contributed by atoms with E-state index in [1.54, 1.807) is 10.9 Å². The van der Waals surface area contributed by atoms with E-state index in [0.29, 0.717) is 0 Å². The minimum absolute atomic E-state index is 0.0880. The van der Waals surface area contributed by atoms with Crippen LogP contribution in [0.2, 0.25) is 5.02 Å². The van der Waals surface area contributed by atoms with Crippen molar-refractivity contribution in [2.24, 2.45) is 0 Å². The lowest BCUT2D eigenvalue weighted by atomic mass is 10.1. The van der Waals surface area contributed by atoms with E-state index in [-0.39, 0.29) is 22.5 Å². The van der Waals surface area contributed by atoms with Gasteiger partial charge in [0.05, 0.1) is 22.3 Å². The molecule has 4 nitrogen and oxygen atoms in total. The van der Waals surface area contributed by atoms with Gasteiger partial charge in [-0.1, -0.05) is 23.7 Å². The van der Waals surface area contributed by atoms with Crippen molar-refractivity contribution in [1.82, 2.24) is 15.1 Å². The molecule has 3 rings (SSSR count). The lowest BCUT2D eigenvalue weighted by Gasteiger charge is -2.16. The van der Waals surface area contributed by atoms with Crippen LogP contribution in [-0.4, -0.2) is 15.7 Å². The number of nitrogens with zero attached hydrogens (tertiary/aromatic N) is 2. The Morgan fingerprint density at radius 2 is 2.08 bits per heavy atom. The second-order valence-corrected chi connectivity index (χ2v) is 5.77. The van der Waals surface area contributed by atoms with Gasteiger partial charge in [-0.15, -0.1) is 0 Å². The number of carbonyl (C=O) groups is 1. The van der Waals surface area contributed by atoms with E-state index in [1.165, 1.54) is 12.1 Å². The molecule has 0 aliphatic heterocycles. The second-order valence-electron chi connectivity index (χ2n) is 5.36. The van der Waals surface area contributed by atoms with Crippen molar-refractivity contribution in [1.29, 1.82) is 0 Å². The third-order valence-corrected chi connectivity index (χ3v) is 3.98. The van der Waals surface area contributed by atoms with Crippen LogP contribution in [0, 0.1) is 5.82 Å². The zero-order valence-electron chi connectivity index (χ0n) is 12.9. The Bertz CT molecular complexity index is 864. The molecular weight excluding hydrogens is 329 g/mol. The van der Waals surface area contributed by atoms with E-state index < -0.39 is 5.82 Å². The maximum atomic E-state index is 13.1. The third kappa shape index (κ3) is 3.46. The summed E-state index contributed by atoms with van der Waals surface area (Å²) in [7, 11) is 0. The Kier molecular flexibility index (Phi) is 4.62. The van der Waals surface area contributed by atoms with Crippen molar-refractivity contribution in [3.8, 4) is 5.69 Å². The summed E-state index contributed by atoms with van der Waals surface area (Å²) < 4.78 is 14.8. The quantitative estimate of drug-likeness (QED) is 0.773. The van der Waals surface area contributed by atoms with Crippen LogP contribution in [0.25, 0.3) is 5.69 Å². The van der Waals surface area contributed by atoms with Gasteiger partial charge in [0.15, 0.2) is 0 Å². The number of nitrogens with one attached hydrogen (secondary N) is 1. The minimum Gasteiger partial charge on any atom is -0.345 e. The summed E-state index contributed by atoms with van der Waals surface area (Å²) in [5, 5.41) is 7.15. The van der Waals surface area contributed by atoms with Gasteiger partial charge in [0.1, 0.15) is 5.82 Å². The van der Waals surface area contributed by atoms with Crippen LogP contribution in [-0.2, 0) is 0 Å². The standard InChI is InChI=1S/C18H15ClFN3O/c1-12(22-18(24)16-7-6-14(20)11-17(16)19)13-4-2-5-15(10-13)23-9-3-8-21-23/h2-12H,1H3,(H,22,24). The lowest BCUT2D eigenvalue weighted by Crippen LogP contribution is -2.27. The molecule has 1 heterocycles. The van der Waals surface area contributed by atoms with E-state index >= 15 is 0 Å². The van der Waals surface area contributed by atoms with Crippen molar-refractivity contribution in [2.45, 2.75) is 13.0 Å². The SMILES string of the molecule is CC(NC(=O)c1ccc(F)cc1Cl)c1cccc(-n2cccn2)c1. The zero-order valence-corrected chi connectivity index (χ0v) is 13.7. The topological polar surface area (TPSA) is 46.9 Å². The summed E-state index contributed by atoms with van der Waals surface area (Å²) in [5.41, 5.74) is 2.07. The summed E-state index contributed by atoms with van der Waals surface area (Å²) in [6.45, 7) is 1.87. The van der Waals surface area contributed by atoms with Gasteiger partial charge in [0.25, 0.3) is 5.91 Å². The molecule has 1 aromatic heterocycles. The number of benzene rings is 2. The van der Waals surface area contributed by atoms with E-state index in [9.17, 15) is 9.18 Å². The number of hydrogen-bond donors (Lipinski definition) is 1. The highest BCUT2D eigenvalue weighted by Gasteiger charge is 2.15. The number of halogens is 2. The highest BCUT2D eigenvalue weighted by Crippen LogP contribution is 2.20. The number of aromatic nitrogens is 2. The van der Waals surface area contributed by atoms with Crippen LogP contribution < -0.4 is 5.32 Å². The van der Waals surface area contributed by atoms with Crippen LogP contribution in [0.5, 0.6) is 0 Å². The number of hydrogen-bond acceptors (Lipinski definition) is 2. The van der Waals surface area contributed by atoms with Gasteiger partial charge < -0.3 is 5.32 Å². The molecule has 0 aliphatic carbocycles. The van der Waals surface area contributed by atoms with Crippen molar-refractivity contribution in [2.75, 3.05) is 0 Å². The molecule has 1 atom stereocenters. The predicted octanol–water partition coefficient (Wildman–Crippen LogP) is 4.16. The van der Waals surface area contributed by atoms with Crippen LogP contribution >= 0.6 is 11.6 Å². The molecule has 1 unspecified atom stereocenters.